The summed E-state index contributed by atoms with van der Waals surface area (Å²) in [6.45, 7) is 4.38. The quantitative estimate of drug-likeness (QED) is 0.363. The fourth-order valence-electron chi connectivity index (χ4n) is 5.98. The number of carbonyl (C=O) groups is 2. The van der Waals surface area contributed by atoms with Crippen LogP contribution in [0.4, 0.5) is 11.4 Å². The Morgan fingerprint density at radius 1 is 0.714 bits per heavy atom. The summed E-state index contributed by atoms with van der Waals surface area (Å²) in [6, 6.07) is 16.2. The minimum atomic E-state index is 0.113. The molecule has 0 bridgehead atoms. The van der Waals surface area contributed by atoms with E-state index in [9.17, 15) is 9.59 Å². The van der Waals surface area contributed by atoms with Crippen molar-refractivity contribution in [1.29, 1.82) is 0 Å². The molecule has 3 aromatic rings. The molecule has 2 aromatic carbocycles. The zero-order chi connectivity index (χ0) is 24.4. The third kappa shape index (κ3) is 5.29. The lowest BCUT2D eigenvalue weighted by Gasteiger charge is -2.27. The number of nitrogens with one attached hydrogen (secondary N) is 3. The van der Waals surface area contributed by atoms with Gasteiger partial charge >= 0.3 is 0 Å². The van der Waals surface area contributed by atoms with E-state index in [-0.39, 0.29) is 23.7 Å². The molecule has 4 atom stereocenters. The highest BCUT2D eigenvalue weighted by Crippen LogP contribution is 2.33. The number of fused-ring (bicyclic) bond motifs is 1. The average molecular weight is 472 g/mol. The summed E-state index contributed by atoms with van der Waals surface area (Å²) in [7, 11) is 0. The van der Waals surface area contributed by atoms with E-state index in [4.69, 9.17) is 0 Å². The van der Waals surface area contributed by atoms with Gasteiger partial charge in [0.15, 0.2) is 0 Å². The summed E-state index contributed by atoms with van der Waals surface area (Å²) in [5.41, 5.74) is 4.80. The number of H-pyrrole nitrogens is 1. The average Bonchev–Trinajstić information content (AvgIpc) is 3.28. The molecule has 0 aliphatic heterocycles. The number of hydrogen-bond donors (Lipinski definition) is 3. The maximum atomic E-state index is 12.8. The van der Waals surface area contributed by atoms with E-state index in [2.05, 4.69) is 35.5 Å². The Bertz CT molecular complexity index is 1200. The topological polar surface area (TPSA) is 74.0 Å². The molecule has 2 amide bonds. The third-order valence-corrected chi connectivity index (χ3v) is 8.25. The summed E-state index contributed by atoms with van der Waals surface area (Å²) in [6.07, 6.45) is 9.01. The van der Waals surface area contributed by atoms with Crippen LogP contribution in [0, 0.1) is 23.7 Å². The molecule has 0 spiro atoms. The Kier molecular flexibility index (Phi) is 6.94. The molecule has 1 aromatic heterocycles. The van der Waals surface area contributed by atoms with Crippen molar-refractivity contribution in [2.75, 3.05) is 10.6 Å². The van der Waals surface area contributed by atoms with Gasteiger partial charge in [-0.3, -0.25) is 9.59 Å². The lowest BCUT2D eigenvalue weighted by molar-refractivity contribution is -0.123. The van der Waals surface area contributed by atoms with Gasteiger partial charge in [0.25, 0.3) is 0 Å². The van der Waals surface area contributed by atoms with Crippen LogP contribution in [0.1, 0.15) is 65.2 Å². The van der Waals surface area contributed by atoms with Gasteiger partial charge in [0.05, 0.1) is 0 Å². The first-order chi connectivity index (χ1) is 17.0. The number of hydrogen-bond acceptors (Lipinski definition) is 2. The zero-order valence-corrected chi connectivity index (χ0v) is 20.9. The summed E-state index contributed by atoms with van der Waals surface area (Å²) < 4.78 is 0. The van der Waals surface area contributed by atoms with E-state index in [1.807, 2.05) is 42.5 Å². The van der Waals surface area contributed by atoms with Crippen LogP contribution in [-0.2, 0) is 9.59 Å². The van der Waals surface area contributed by atoms with Gasteiger partial charge in [-0.15, -0.1) is 0 Å². The lowest BCUT2D eigenvalue weighted by atomic mass is 9.80. The zero-order valence-electron chi connectivity index (χ0n) is 20.9. The largest absolute Gasteiger partial charge is 0.355 e. The Hall–Kier alpha value is -3.08. The summed E-state index contributed by atoms with van der Waals surface area (Å²) in [4.78, 5) is 29.0. The maximum Gasteiger partial charge on any atom is 0.227 e. The van der Waals surface area contributed by atoms with Crippen LogP contribution in [0.15, 0.2) is 48.5 Å². The molecule has 0 radical (unpaired) electrons. The van der Waals surface area contributed by atoms with Crippen molar-refractivity contribution in [2.24, 2.45) is 23.7 Å². The van der Waals surface area contributed by atoms with Crippen molar-refractivity contribution in [3.05, 3.63) is 48.5 Å². The van der Waals surface area contributed by atoms with E-state index in [0.717, 1.165) is 72.1 Å². The number of anilines is 2. The first kappa shape index (κ1) is 23.7. The van der Waals surface area contributed by atoms with Gasteiger partial charge in [0.1, 0.15) is 0 Å². The van der Waals surface area contributed by atoms with Gasteiger partial charge in [-0.2, -0.15) is 0 Å². The normalized spacial score (nSPS) is 24.7. The molecular formula is C30H37N3O2. The second kappa shape index (κ2) is 10.3. The fourth-order valence-corrected chi connectivity index (χ4v) is 5.98. The van der Waals surface area contributed by atoms with Crippen molar-refractivity contribution in [3.63, 3.8) is 0 Å². The Balaban J connectivity index is 1.26. The summed E-state index contributed by atoms with van der Waals surface area (Å²) in [5, 5.41) is 7.33. The molecule has 2 aliphatic rings. The van der Waals surface area contributed by atoms with E-state index in [1.165, 1.54) is 12.8 Å². The van der Waals surface area contributed by atoms with Crippen molar-refractivity contribution in [2.45, 2.75) is 65.2 Å². The molecule has 1 heterocycles. The van der Waals surface area contributed by atoms with E-state index < -0.39 is 0 Å². The molecule has 5 rings (SSSR count). The van der Waals surface area contributed by atoms with Crippen molar-refractivity contribution in [3.8, 4) is 11.3 Å². The van der Waals surface area contributed by atoms with E-state index in [1.54, 1.807) is 0 Å². The fraction of sp³-hybridized carbons (Fsp3) is 0.467. The minimum absolute atomic E-state index is 0.113. The summed E-state index contributed by atoms with van der Waals surface area (Å²) >= 11 is 0. The Morgan fingerprint density at radius 3 is 1.86 bits per heavy atom. The molecule has 2 saturated carbocycles. The van der Waals surface area contributed by atoms with Gasteiger partial charge in [0.2, 0.25) is 11.8 Å². The second-order valence-electron chi connectivity index (χ2n) is 10.8. The molecular weight excluding hydrogens is 434 g/mol. The maximum absolute atomic E-state index is 12.8. The van der Waals surface area contributed by atoms with Crippen molar-refractivity contribution in [1.82, 2.24) is 4.98 Å². The van der Waals surface area contributed by atoms with Crippen molar-refractivity contribution < 1.29 is 9.59 Å². The first-order valence-electron chi connectivity index (χ1n) is 13.3. The van der Waals surface area contributed by atoms with Gasteiger partial charge < -0.3 is 15.6 Å². The SMILES string of the molecule is CC1CCCCC1C(=O)Nc1ccc(-c2cc3cc(NC(=O)C4CCCCC4C)ccc3[nH]2)cc1. The summed E-state index contributed by atoms with van der Waals surface area (Å²) in [5.74, 6) is 1.43. The van der Waals surface area contributed by atoms with Crippen molar-refractivity contribution >= 4 is 34.1 Å². The van der Waals surface area contributed by atoms with Crippen LogP contribution in [0.25, 0.3) is 22.2 Å². The molecule has 3 N–H and O–H groups in total. The van der Waals surface area contributed by atoms with Crippen LogP contribution in [0.3, 0.4) is 0 Å². The smallest absolute Gasteiger partial charge is 0.227 e. The number of carbonyl (C=O) groups excluding carboxylic acids is 2. The van der Waals surface area contributed by atoms with E-state index in [0.29, 0.717) is 11.8 Å². The van der Waals surface area contributed by atoms with Crippen LogP contribution in [0.5, 0.6) is 0 Å². The highest BCUT2D eigenvalue weighted by molar-refractivity contribution is 5.96. The number of aromatic nitrogens is 1. The third-order valence-electron chi connectivity index (χ3n) is 8.25. The van der Waals surface area contributed by atoms with Crippen LogP contribution in [0.2, 0.25) is 0 Å². The molecule has 5 heteroatoms. The van der Waals surface area contributed by atoms with Gasteiger partial charge in [0, 0.05) is 39.8 Å². The molecule has 35 heavy (non-hydrogen) atoms. The monoisotopic (exact) mass is 471 g/mol. The van der Waals surface area contributed by atoms with Gasteiger partial charge in [-0.05, 0) is 79.5 Å². The molecule has 2 fully saturated rings. The number of benzene rings is 2. The van der Waals surface area contributed by atoms with E-state index >= 15 is 0 Å². The Morgan fingerprint density at radius 2 is 1.26 bits per heavy atom. The number of aromatic amines is 1. The molecule has 5 nitrogen and oxygen atoms in total. The van der Waals surface area contributed by atoms with Gasteiger partial charge in [-0.1, -0.05) is 51.7 Å². The second-order valence-corrected chi connectivity index (χ2v) is 10.8. The minimum Gasteiger partial charge on any atom is -0.355 e. The standard InChI is InChI=1S/C30H37N3O2/c1-19-7-3-5-9-25(19)29(34)31-23-13-11-21(12-14-23)28-18-22-17-24(15-16-27(22)33-28)32-30(35)26-10-6-4-8-20(26)2/h11-20,25-26,33H,3-10H2,1-2H3,(H,31,34)(H,32,35). The lowest BCUT2D eigenvalue weighted by Crippen LogP contribution is -2.30. The number of rotatable bonds is 5. The molecule has 4 unspecified atom stereocenters. The van der Waals surface area contributed by atoms with Crippen LogP contribution >= 0.6 is 0 Å². The highest BCUT2D eigenvalue weighted by Gasteiger charge is 2.28. The first-order valence-corrected chi connectivity index (χ1v) is 13.3. The predicted octanol–water partition coefficient (Wildman–Crippen LogP) is 7.36. The molecule has 2 aliphatic carbocycles. The number of amides is 2. The Labute approximate surface area is 208 Å². The van der Waals surface area contributed by atoms with Crippen LogP contribution < -0.4 is 10.6 Å². The highest BCUT2D eigenvalue weighted by atomic mass is 16.2. The molecule has 184 valence electrons. The van der Waals surface area contributed by atoms with Gasteiger partial charge in [-0.25, -0.2) is 0 Å². The predicted molar refractivity (Wildman–Crippen MR) is 143 cm³/mol. The van der Waals surface area contributed by atoms with Crippen LogP contribution in [-0.4, -0.2) is 16.8 Å². The molecule has 0 saturated heterocycles.